The molecule has 8 rings (SSSR count). The fraction of sp³-hybridized carbons (Fsp3) is 0.0976. The van der Waals surface area contributed by atoms with E-state index in [4.69, 9.17) is 6.57 Å². The van der Waals surface area contributed by atoms with E-state index in [0.717, 1.165) is 65.9 Å². The molecule has 0 unspecified atom stereocenters. The number of hydrogen-bond donors (Lipinski definition) is 0. The van der Waals surface area contributed by atoms with Crippen LogP contribution in [0.1, 0.15) is 22.3 Å². The van der Waals surface area contributed by atoms with Gasteiger partial charge in [-0.3, -0.25) is 0 Å². The van der Waals surface area contributed by atoms with Crippen LogP contribution in [0.25, 0.3) is 71.0 Å². The Morgan fingerprint density at radius 2 is 0.935 bits per heavy atom. The standard InChI is InChI=1S/C41H29F2N3/c1-23-9-14-34-28(19-23)29-20-24(2)10-15-35(29)45(34)38-18-13-27(39-32(42)7-6-8-33(39)43)41(40(38)44-5)46-36-16-11-25(3)21-30(36)31-22-26(4)12-17-37(31)46/h6-22H,1-4H3. The van der Waals surface area contributed by atoms with E-state index >= 15 is 8.78 Å². The van der Waals surface area contributed by atoms with Crippen LogP contribution in [-0.4, -0.2) is 9.13 Å². The highest BCUT2D eigenvalue weighted by atomic mass is 19.1. The third kappa shape index (κ3) is 4.00. The van der Waals surface area contributed by atoms with Crippen LogP contribution in [0, 0.1) is 45.9 Å². The molecule has 0 aliphatic carbocycles. The Balaban J connectivity index is 1.60. The first-order chi connectivity index (χ1) is 22.2. The number of benzene rings is 6. The first-order valence-electron chi connectivity index (χ1n) is 15.3. The maximum atomic E-state index is 15.7. The van der Waals surface area contributed by atoms with Crippen molar-refractivity contribution in [3.63, 3.8) is 0 Å². The lowest BCUT2D eigenvalue weighted by molar-refractivity contribution is 0.589. The first kappa shape index (κ1) is 27.8. The van der Waals surface area contributed by atoms with E-state index in [1.807, 2.05) is 34.9 Å². The molecule has 0 amide bonds. The van der Waals surface area contributed by atoms with Crippen LogP contribution < -0.4 is 0 Å². The second kappa shape index (κ2) is 10.2. The fourth-order valence-corrected chi connectivity index (χ4v) is 7.05. The molecule has 6 aromatic carbocycles. The Hall–Kier alpha value is -5.73. The van der Waals surface area contributed by atoms with Crippen molar-refractivity contribution in [2.45, 2.75) is 27.7 Å². The zero-order chi connectivity index (χ0) is 31.9. The maximum absolute atomic E-state index is 15.7. The van der Waals surface area contributed by atoms with Crippen LogP contribution in [0.5, 0.6) is 0 Å². The van der Waals surface area contributed by atoms with Gasteiger partial charge < -0.3 is 9.13 Å². The molecule has 5 heteroatoms. The molecular formula is C41H29F2N3. The molecule has 0 aliphatic heterocycles. The molecule has 3 nitrogen and oxygen atoms in total. The van der Waals surface area contributed by atoms with E-state index in [0.29, 0.717) is 22.6 Å². The quantitative estimate of drug-likeness (QED) is 0.179. The van der Waals surface area contributed by atoms with Gasteiger partial charge in [0.15, 0.2) is 0 Å². The highest BCUT2D eigenvalue weighted by molar-refractivity contribution is 6.13. The SMILES string of the molecule is [C-]#[N+]c1c(-n2c3ccc(C)cc3c3cc(C)ccc32)ccc(-c2c(F)cccc2F)c1-n1c2ccc(C)cc2c2cc(C)ccc21. The van der Waals surface area contributed by atoms with E-state index in [9.17, 15) is 0 Å². The molecule has 0 fully saturated rings. The second-order valence-corrected chi connectivity index (χ2v) is 12.3. The van der Waals surface area contributed by atoms with Crippen molar-refractivity contribution in [2.75, 3.05) is 0 Å². The predicted molar refractivity (Wildman–Crippen MR) is 186 cm³/mol. The number of halogens is 2. The zero-order valence-corrected chi connectivity index (χ0v) is 25.9. The van der Waals surface area contributed by atoms with Crippen LogP contribution in [0.2, 0.25) is 0 Å². The molecule has 46 heavy (non-hydrogen) atoms. The van der Waals surface area contributed by atoms with Crippen molar-refractivity contribution in [2.24, 2.45) is 0 Å². The summed E-state index contributed by atoms with van der Waals surface area (Å²) in [5, 5.41) is 4.21. The summed E-state index contributed by atoms with van der Waals surface area (Å²) >= 11 is 0. The molecule has 2 heterocycles. The van der Waals surface area contributed by atoms with Gasteiger partial charge in [0.05, 0.1) is 45.6 Å². The summed E-state index contributed by atoms with van der Waals surface area (Å²) < 4.78 is 35.5. The van der Waals surface area contributed by atoms with Gasteiger partial charge in [0.1, 0.15) is 11.6 Å². The van der Waals surface area contributed by atoms with E-state index in [-0.39, 0.29) is 5.56 Å². The monoisotopic (exact) mass is 601 g/mol. The summed E-state index contributed by atoms with van der Waals surface area (Å²) in [7, 11) is 0. The molecule has 0 bridgehead atoms. The Bertz CT molecular complexity index is 2470. The molecule has 0 radical (unpaired) electrons. The van der Waals surface area contributed by atoms with Gasteiger partial charge >= 0.3 is 0 Å². The normalized spacial score (nSPS) is 11.7. The van der Waals surface area contributed by atoms with Crippen molar-refractivity contribution in [3.8, 4) is 22.5 Å². The summed E-state index contributed by atoms with van der Waals surface area (Å²) in [6.07, 6.45) is 0. The Kier molecular flexibility index (Phi) is 6.13. The van der Waals surface area contributed by atoms with Crippen LogP contribution in [0.15, 0.2) is 103 Å². The first-order valence-corrected chi connectivity index (χ1v) is 15.3. The van der Waals surface area contributed by atoms with Gasteiger partial charge in [0.2, 0.25) is 5.69 Å². The van der Waals surface area contributed by atoms with E-state index in [1.165, 1.54) is 18.2 Å². The predicted octanol–water partition coefficient (Wildman–Crippen LogP) is 11.6. The number of rotatable bonds is 3. The van der Waals surface area contributed by atoms with Gasteiger partial charge in [0, 0.05) is 27.1 Å². The molecule has 0 aliphatic rings. The molecule has 0 spiro atoms. The van der Waals surface area contributed by atoms with Crippen molar-refractivity contribution in [1.82, 2.24) is 9.13 Å². The number of fused-ring (bicyclic) bond motifs is 6. The lowest BCUT2D eigenvalue weighted by Crippen LogP contribution is -2.04. The van der Waals surface area contributed by atoms with Gasteiger partial charge in [-0.25, -0.2) is 13.6 Å². The number of nitrogens with zero attached hydrogens (tertiary/aromatic N) is 3. The molecule has 0 atom stereocenters. The molecule has 2 aromatic heterocycles. The van der Waals surface area contributed by atoms with Crippen LogP contribution in [-0.2, 0) is 0 Å². The smallest absolute Gasteiger partial charge is 0.234 e. The summed E-state index contributed by atoms with van der Waals surface area (Å²) in [6, 6.07) is 32.6. The topological polar surface area (TPSA) is 14.2 Å². The van der Waals surface area contributed by atoms with Crippen molar-refractivity contribution < 1.29 is 8.78 Å². The summed E-state index contributed by atoms with van der Waals surface area (Å²) in [4.78, 5) is 4.19. The van der Waals surface area contributed by atoms with Crippen LogP contribution in [0.4, 0.5) is 14.5 Å². The van der Waals surface area contributed by atoms with Gasteiger partial charge in [-0.05, 0) is 94.4 Å². The minimum Gasteiger partial charge on any atom is -0.319 e. The second-order valence-electron chi connectivity index (χ2n) is 12.3. The lowest BCUT2D eigenvalue weighted by atomic mass is 9.99. The number of hydrogen-bond acceptors (Lipinski definition) is 0. The molecule has 0 N–H and O–H groups in total. The average molecular weight is 602 g/mol. The summed E-state index contributed by atoms with van der Waals surface area (Å²) in [5.74, 6) is -1.36. The molecule has 8 aromatic rings. The van der Waals surface area contributed by atoms with Crippen LogP contribution in [0.3, 0.4) is 0 Å². The van der Waals surface area contributed by atoms with Crippen molar-refractivity contribution in [1.29, 1.82) is 0 Å². The highest BCUT2D eigenvalue weighted by Crippen LogP contribution is 2.46. The molecule has 0 saturated heterocycles. The van der Waals surface area contributed by atoms with Crippen molar-refractivity contribution in [3.05, 3.63) is 148 Å². The molecular weight excluding hydrogens is 572 g/mol. The van der Waals surface area contributed by atoms with Gasteiger partial charge in [-0.2, -0.15) is 0 Å². The third-order valence-electron chi connectivity index (χ3n) is 9.09. The van der Waals surface area contributed by atoms with E-state index < -0.39 is 11.6 Å². The fourth-order valence-electron chi connectivity index (χ4n) is 7.05. The van der Waals surface area contributed by atoms with Crippen molar-refractivity contribution >= 4 is 49.3 Å². The van der Waals surface area contributed by atoms with Gasteiger partial charge in [0.25, 0.3) is 0 Å². The summed E-state index contributed by atoms with van der Waals surface area (Å²) in [6.45, 7) is 16.9. The average Bonchev–Trinajstić information content (AvgIpc) is 3.51. The van der Waals surface area contributed by atoms with Crippen LogP contribution >= 0.6 is 0 Å². The minimum atomic E-state index is -0.680. The molecule has 222 valence electrons. The number of aryl methyl sites for hydroxylation is 4. The Morgan fingerprint density at radius 3 is 1.35 bits per heavy atom. The largest absolute Gasteiger partial charge is 0.319 e. The lowest BCUT2D eigenvalue weighted by Gasteiger charge is -2.20. The van der Waals surface area contributed by atoms with Gasteiger partial charge in [-0.15, -0.1) is 0 Å². The van der Waals surface area contributed by atoms with Gasteiger partial charge in [-0.1, -0.05) is 58.7 Å². The number of aromatic nitrogens is 2. The summed E-state index contributed by atoms with van der Waals surface area (Å²) in [5.41, 5.74) is 9.67. The molecule has 0 saturated carbocycles. The third-order valence-corrected chi connectivity index (χ3v) is 9.09. The maximum Gasteiger partial charge on any atom is 0.234 e. The van der Waals surface area contributed by atoms with E-state index in [2.05, 4.69) is 85.6 Å². The Morgan fingerprint density at radius 1 is 0.522 bits per heavy atom. The highest BCUT2D eigenvalue weighted by Gasteiger charge is 2.26. The zero-order valence-electron chi connectivity index (χ0n) is 25.9. The minimum absolute atomic E-state index is 0.156. The van der Waals surface area contributed by atoms with E-state index in [1.54, 1.807) is 6.07 Å². The Labute approximate surface area is 265 Å².